The second-order valence-corrected chi connectivity index (χ2v) is 6.66. The molecule has 0 unspecified atom stereocenters. The maximum absolute atomic E-state index is 13.2. The molecule has 0 bridgehead atoms. The zero-order chi connectivity index (χ0) is 18.6. The Morgan fingerprint density at radius 1 is 1.19 bits per heavy atom. The largest absolute Gasteiger partial charge is 0.491 e. The Morgan fingerprint density at radius 3 is 2.78 bits per heavy atom. The van der Waals surface area contributed by atoms with E-state index in [0.29, 0.717) is 19.7 Å². The number of aromatic nitrogens is 2. The zero-order valence-electron chi connectivity index (χ0n) is 14.8. The molecule has 1 aliphatic rings. The molecule has 0 N–H and O–H groups in total. The van der Waals surface area contributed by atoms with Crippen molar-refractivity contribution in [2.24, 2.45) is 0 Å². The number of carbonyl (C=O) groups excluding carboxylic acids is 1. The fourth-order valence-corrected chi connectivity index (χ4v) is 3.32. The summed E-state index contributed by atoms with van der Waals surface area (Å²) in [4.78, 5) is 19.0. The van der Waals surface area contributed by atoms with Gasteiger partial charge in [0, 0.05) is 31.0 Å². The number of amides is 1. The van der Waals surface area contributed by atoms with Crippen LogP contribution in [0, 0.1) is 5.82 Å². The van der Waals surface area contributed by atoms with Crippen LogP contribution in [0.4, 0.5) is 4.39 Å². The molecule has 2 heterocycles. The maximum atomic E-state index is 13.2. The van der Waals surface area contributed by atoms with Crippen molar-refractivity contribution in [1.82, 2.24) is 14.5 Å². The lowest BCUT2D eigenvalue weighted by Crippen LogP contribution is -2.44. The molecule has 4 rings (SSSR count). The van der Waals surface area contributed by atoms with Gasteiger partial charge in [-0.05, 0) is 23.8 Å². The first-order valence-corrected chi connectivity index (χ1v) is 8.89. The van der Waals surface area contributed by atoms with Crippen molar-refractivity contribution in [2.75, 3.05) is 6.61 Å². The fourth-order valence-electron chi connectivity index (χ4n) is 3.32. The minimum absolute atomic E-state index is 0.00738. The van der Waals surface area contributed by atoms with Crippen molar-refractivity contribution in [3.63, 3.8) is 0 Å². The Morgan fingerprint density at radius 2 is 2.00 bits per heavy atom. The van der Waals surface area contributed by atoms with Gasteiger partial charge in [-0.3, -0.25) is 4.79 Å². The molecule has 0 aliphatic carbocycles. The van der Waals surface area contributed by atoms with Crippen molar-refractivity contribution in [1.29, 1.82) is 0 Å². The van der Waals surface area contributed by atoms with Gasteiger partial charge in [0.15, 0.2) is 0 Å². The fraction of sp³-hybridized carbons (Fsp3) is 0.238. The second kappa shape index (κ2) is 7.61. The molecule has 27 heavy (non-hydrogen) atoms. The summed E-state index contributed by atoms with van der Waals surface area (Å²) >= 11 is 0. The van der Waals surface area contributed by atoms with E-state index in [9.17, 15) is 9.18 Å². The highest BCUT2D eigenvalue weighted by molar-refractivity contribution is 5.79. The van der Waals surface area contributed by atoms with Crippen LogP contribution in [0.25, 0.3) is 0 Å². The summed E-state index contributed by atoms with van der Waals surface area (Å²) in [5.74, 6) is 0.499. The Balaban J connectivity index is 1.59. The first-order valence-electron chi connectivity index (χ1n) is 8.89. The summed E-state index contributed by atoms with van der Waals surface area (Å²) in [5.41, 5.74) is 1.78. The van der Waals surface area contributed by atoms with E-state index < -0.39 is 0 Å². The summed E-state index contributed by atoms with van der Waals surface area (Å²) in [6.45, 7) is 1.49. The predicted octanol–water partition coefficient (Wildman–Crippen LogP) is 3.05. The Kier molecular flexibility index (Phi) is 4.87. The van der Waals surface area contributed by atoms with Gasteiger partial charge in [0.2, 0.25) is 5.91 Å². The minimum atomic E-state index is -0.304. The molecule has 0 saturated carbocycles. The average molecular weight is 365 g/mol. The van der Waals surface area contributed by atoms with Crippen molar-refractivity contribution in [3.8, 4) is 5.75 Å². The van der Waals surface area contributed by atoms with E-state index >= 15 is 0 Å². The van der Waals surface area contributed by atoms with E-state index in [1.807, 2.05) is 39.9 Å². The number of benzene rings is 2. The number of rotatable bonds is 4. The van der Waals surface area contributed by atoms with Crippen molar-refractivity contribution in [3.05, 3.63) is 84.2 Å². The number of hydrogen-bond donors (Lipinski definition) is 0. The first-order chi connectivity index (χ1) is 13.2. The molecular formula is C21H20FN3O2. The topological polar surface area (TPSA) is 47.4 Å². The molecule has 1 amide bonds. The third-order valence-corrected chi connectivity index (χ3v) is 4.76. The van der Waals surface area contributed by atoms with Crippen LogP contribution < -0.4 is 4.74 Å². The molecule has 3 aromatic rings. The third kappa shape index (κ3) is 4.00. The highest BCUT2D eigenvalue weighted by atomic mass is 19.1. The van der Waals surface area contributed by atoms with E-state index in [0.717, 1.165) is 16.9 Å². The highest BCUT2D eigenvalue weighted by Gasteiger charge is 2.28. The molecule has 0 fully saturated rings. The van der Waals surface area contributed by atoms with E-state index in [-0.39, 0.29) is 24.2 Å². The lowest BCUT2D eigenvalue weighted by molar-refractivity contribution is -0.134. The SMILES string of the molecule is O=C(Cc1ccc(F)cc1)N1Cc2ccccc2OC[C@H]1Cn1ccnc1. The number of para-hydroxylation sites is 1. The molecule has 1 aliphatic heterocycles. The third-order valence-electron chi connectivity index (χ3n) is 4.76. The molecule has 0 radical (unpaired) electrons. The number of fused-ring (bicyclic) bond motifs is 1. The van der Waals surface area contributed by atoms with Crippen LogP contribution in [0.2, 0.25) is 0 Å². The van der Waals surface area contributed by atoms with Crippen LogP contribution in [0.5, 0.6) is 5.75 Å². The minimum Gasteiger partial charge on any atom is -0.491 e. The lowest BCUT2D eigenvalue weighted by atomic mass is 10.1. The lowest BCUT2D eigenvalue weighted by Gasteiger charge is -2.29. The molecule has 0 saturated heterocycles. The van der Waals surface area contributed by atoms with Crippen molar-refractivity contribution >= 4 is 5.91 Å². The summed E-state index contributed by atoms with van der Waals surface area (Å²) in [7, 11) is 0. The number of carbonyl (C=O) groups is 1. The maximum Gasteiger partial charge on any atom is 0.227 e. The Hall–Kier alpha value is -3.15. The predicted molar refractivity (Wildman–Crippen MR) is 98.6 cm³/mol. The zero-order valence-corrected chi connectivity index (χ0v) is 14.8. The summed E-state index contributed by atoms with van der Waals surface area (Å²) in [6, 6.07) is 13.7. The Bertz CT molecular complexity index is 909. The van der Waals surface area contributed by atoms with Gasteiger partial charge in [-0.1, -0.05) is 30.3 Å². The van der Waals surface area contributed by atoms with E-state index in [2.05, 4.69) is 4.98 Å². The molecule has 1 atom stereocenters. The van der Waals surface area contributed by atoms with Gasteiger partial charge in [-0.2, -0.15) is 0 Å². The molecule has 0 spiro atoms. The van der Waals surface area contributed by atoms with Crippen LogP contribution in [0.1, 0.15) is 11.1 Å². The van der Waals surface area contributed by atoms with E-state index in [4.69, 9.17) is 4.74 Å². The first kappa shape index (κ1) is 17.3. The van der Waals surface area contributed by atoms with Gasteiger partial charge in [0.05, 0.1) is 18.8 Å². The van der Waals surface area contributed by atoms with E-state index in [1.54, 1.807) is 24.7 Å². The molecular weight excluding hydrogens is 345 g/mol. The Labute approximate surface area is 157 Å². The van der Waals surface area contributed by atoms with Gasteiger partial charge >= 0.3 is 0 Å². The van der Waals surface area contributed by atoms with Crippen molar-refractivity contribution < 1.29 is 13.9 Å². The normalized spacial score (nSPS) is 16.3. The van der Waals surface area contributed by atoms with Gasteiger partial charge in [0.1, 0.15) is 18.2 Å². The summed E-state index contributed by atoms with van der Waals surface area (Å²) in [5, 5.41) is 0. The molecule has 2 aromatic carbocycles. The summed E-state index contributed by atoms with van der Waals surface area (Å²) < 4.78 is 21.1. The van der Waals surface area contributed by atoms with Gasteiger partial charge in [0.25, 0.3) is 0 Å². The summed E-state index contributed by atoms with van der Waals surface area (Å²) in [6.07, 6.45) is 5.56. The van der Waals surface area contributed by atoms with Gasteiger partial charge in [-0.15, -0.1) is 0 Å². The van der Waals surface area contributed by atoms with E-state index in [1.165, 1.54) is 12.1 Å². The second-order valence-electron chi connectivity index (χ2n) is 6.66. The number of nitrogens with zero attached hydrogens (tertiary/aromatic N) is 3. The molecule has 6 heteroatoms. The molecule has 1 aromatic heterocycles. The number of halogens is 1. The van der Waals surface area contributed by atoms with Crippen molar-refractivity contribution in [2.45, 2.75) is 25.6 Å². The standard InChI is InChI=1S/C21H20FN3O2/c22-18-7-5-16(6-8-18)11-21(26)25-12-17-3-1-2-4-20(17)27-14-19(25)13-24-10-9-23-15-24/h1-10,15,19H,11-14H2/t19-/m1/s1. The number of ether oxygens (including phenoxy) is 1. The van der Waals surface area contributed by atoms with Crippen LogP contribution >= 0.6 is 0 Å². The molecule has 5 nitrogen and oxygen atoms in total. The smallest absolute Gasteiger partial charge is 0.227 e. The van der Waals surface area contributed by atoms with Crippen LogP contribution in [0.3, 0.4) is 0 Å². The average Bonchev–Trinajstić information content (AvgIpc) is 3.12. The van der Waals surface area contributed by atoms with Crippen LogP contribution in [0.15, 0.2) is 67.3 Å². The molecule has 138 valence electrons. The number of hydrogen-bond acceptors (Lipinski definition) is 3. The van der Waals surface area contributed by atoms with Crippen LogP contribution in [-0.2, 0) is 24.3 Å². The highest BCUT2D eigenvalue weighted by Crippen LogP contribution is 2.26. The van der Waals surface area contributed by atoms with Gasteiger partial charge in [-0.25, -0.2) is 9.37 Å². The van der Waals surface area contributed by atoms with Crippen LogP contribution in [-0.4, -0.2) is 33.0 Å². The quantitative estimate of drug-likeness (QED) is 0.714. The van der Waals surface area contributed by atoms with Gasteiger partial charge < -0.3 is 14.2 Å². The number of imidazole rings is 1. The monoisotopic (exact) mass is 365 g/mol.